The summed E-state index contributed by atoms with van der Waals surface area (Å²) >= 11 is 0. The van der Waals surface area contributed by atoms with E-state index in [2.05, 4.69) is 63.4 Å². The van der Waals surface area contributed by atoms with Gasteiger partial charge in [0.1, 0.15) is 0 Å². The lowest BCUT2D eigenvalue weighted by Gasteiger charge is -2.16. The normalized spacial score (nSPS) is 12.4. The van der Waals surface area contributed by atoms with Crippen LogP contribution in [0.4, 0.5) is 0 Å². The Morgan fingerprint density at radius 2 is 2.05 bits per heavy atom. The van der Waals surface area contributed by atoms with Crippen LogP contribution in [0.25, 0.3) is 10.9 Å². The summed E-state index contributed by atoms with van der Waals surface area (Å²) in [4.78, 5) is 4.84. The third-order valence-corrected chi connectivity index (χ3v) is 3.38. The average molecular weight is 268 g/mol. The zero-order chi connectivity index (χ0) is 14.5. The Morgan fingerprint density at radius 1 is 1.30 bits per heavy atom. The van der Waals surface area contributed by atoms with Crippen LogP contribution in [0.1, 0.15) is 44.5 Å². The van der Waals surface area contributed by atoms with Gasteiger partial charge in [0, 0.05) is 5.39 Å². The summed E-state index contributed by atoms with van der Waals surface area (Å²) in [5, 5.41) is 4.81. The molecule has 0 fully saturated rings. The minimum Gasteiger partial charge on any atom is -0.305 e. The number of fused-ring (bicyclic) bond motifs is 1. The summed E-state index contributed by atoms with van der Waals surface area (Å²) in [6.45, 7) is 9.61. The summed E-state index contributed by atoms with van der Waals surface area (Å²) in [6.07, 6.45) is 3.38. The fraction of sp³-hybridized carbons (Fsp3) is 0.389. The van der Waals surface area contributed by atoms with Crippen LogP contribution in [0.2, 0.25) is 0 Å². The highest BCUT2D eigenvalue weighted by molar-refractivity contribution is 5.82. The first-order chi connectivity index (χ1) is 9.61. The van der Waals surface area contributed by atoms with Gasteiger partial charge in [0.2, 0.25) is 0 Å². The standard InChI is InChI=1S/C18H24N2/c1-5-10-19-17(11-13(2)3)18-12-14(4)15-8-6-7-9-16(15)20-18/h6-9,11-12,17,19H,5,10H2,1-4H3. The first kappa shape index (κ1) is 14.7. The molecule has 2 heteroatoms. The molecule has 20 heavy (non-hydrogen) atoms. The predicted molar refractivity (Wildman–Crippen MR) is 86.9 cm³/mol. The molecule has 1 N–H and O–H groups in total. The molecule has 0 bridgehead atoms. The molecule has 1 aromatic heterocycles. The molecule has 1 unspecified atom stereocenters. The number of nitrogens with zero attached hydrogens (tertiary/aromatic N) is 1. The molecule has 1 aromatic carbocycles. The Labute approximate surface area is 121 Å². The molecule has 0 aliphatic rings. The number of benzene rings is 1. The van der Waals surface area contributed by atoms with Gasteiger partial charge in [-0.15, -0.1) is 0 Å². The minimum absolute atomic E-state index is 0.197. The van der Waals surface area contributed by atoms with Crippen molar-refractivity contribution in [2.45, 2.75) is 40.2 Å². The Morgan fingerprint density at radius 3 is 2.75 bits per heavy atom. The van der Waals surface area contributed by atoms with E-state index in [0.29, 0.717) is 0 Å². The molecule has 1 heterocycles. The van der Waals surface area contributed by atoms with Crippen molar-refractivity contribution in [2.75, 3.05) is 6.54 Å². The highest BCUT2D eigenvalue weighted by atomic mass is 14.9. The van der Waals surface area contributed by atoms with Gasteiger partial charge < -0.3 is 5.32 Å². The predicted octanol–water partition coefficient (Wildman–Crippen LogP) is 4.55. The molecule has 0 saturated carbocycles. The van der Waals surface area contributed by atoms with Crippen LogP contribution in [0.15, 0.2) is 42.0 Å². The lowest BCUT2D eigenvalue weighted by Crippen LogP contribution is -2.21. The van der Waals surface area contributed by atoms with Crippen LogP contribution in [-0.4, -0.2) is 11.5 Å². The molecule has 0 aliphatic carbocycles. The van der Waals surface area contributed by atoms with Crippen LogP contribution in [0, 0.1) is 6.92 Å². The van der Waals surface area contributed by atoms with E-state index in [9.17, 15) is 0 Å². The van der Waals surface area contributed by atoms with E-state index >= 15 is 0 Å². The number of aryl methyl sites for hydroxylation is 1. The van der Waals surface area contributed by atoms with E-state index < -0.39 is 0 Å². The Hall–Kier alpha value is -1.67. The van der Waals surface area contributed by atoms with Gasteiger partial charge in [-0.1, -0.05) is 36.8 Å². The van der Waals surface area contributed by atoms with Crippen molar-refractivity contribution in [3.05, 3.63) is 53.2 Å². The summed E-state index contributed by atoms with van der Waals surface area (Å²) in [6, 6.07) is 10.7. The topological polar surface area (TPSA) is 24.9 Å². The highest BCUT2D eigenvalue weighted by Crippen LogP contribution is 2.22. The Balaban J connectivity index is 2.44. The fourth-order valence-corrected chi connectivity index (χ4v) is 2.42. The van der Waals surface area contributed by atoms with E-state index in [4.69, 9.17) is 4.98 Å². The number of para-hydroxylation sites is 1. The molecule has 0 spiro atoms. The molecular weight excluding hydrogens is 244 g/mol. The van der Waals surface area contributed by atoms with Gasteiger partial charge in [-0.2, -0.15) is 0 Å². The summed E-state index contributed by atoms with van der Waals surface area (Å²) in [7, 11) is 0. The maximum absolute atomic E-state index is 4.84. The van der Waals surface area contributed by atoms with Crippen molar-refractivity contribution in [3.63, 3.8) is 0 Å². The lowest BCUT2D eigenvalue weighted by atomic mass is 10.0. The third-order valence-electron chi connectivity index (χ3n) is 3.38. The van der Waals surface area contributed by atoms with Gasteiger partial charge in [-0.05, 0) is 51.4 Å². The van der Waals surface area contributed by atoms with E-state index in [1.165, 1.54) is 16.5 Å². The zero-order valence-corrected chi connectivity index (χ0v) is 12.9. The van der Waals surface area contributed by atoms with Crippen LogP contribution in [0.3, 0.4) is 0 Å². The third kappa shape index (κ3) is 3.45. The molecule has 0 radical (unpaired) electrons. The first-order valence-electron chi connectivity index (χ1n) is 7.36. The van der Waals surface area contributed by atoms with Crippen molar-refractivity contribution in [2.24, 2.45) is 0 Å². The minimum atomic E-state index is 0.197. The van der Waals surface area contributed by atoms with E-state index in [-0.39, 0.29) is 6.04 Å². The zero-order valence-electron chi connectivity index (χ0n) is 12.9. The molecule has 2 rings (SSSR count). The maximum atomic E-state index is 4.84. The van der Waals surface area contributed by atoms with E-state index in [0.717, 1.165) is 24.2 Å². The van der Waals surface area contributed by atoms with Crippen molar-refractivity contribution in [3.8, 4) is 0 Å². The second kappa shape index (κ2) is 6.67. The van der Waals surface area contributed by atoms with Gasteiger partial charge >= 0.3 is 0 Å². The number of rotatable bonds is 5. The maximum Gasteiger partial charge on any atom is 0.0708 e. The number of hydrogen-bond acceptors (Lipinski definition) is 2. The summed E-state index contributed by atoms with van der Waals surface area (Å²) in [5.41, 5.74) is 4.78. The SMILES string of the molecule is CCCNC(C=C(C)C)c1cc(C)c2ccccc2n1. The number of nitrogens with one attached hydrogen (secondary N) is 1. The second-order valence-corrected chi connectivity index (χ2v) is 5.56. The molecule has 106 valence electrons. The van der Waals surface area contributed by atoms with Gasteiger partial charge in [0.05, 0.1) is 17.3 Å². The molecule has 1 atom stereocenters. The van der Waals surface area contributed by atoms with Crippen LogP contribution >= 0.6 is 0 Å². The second-order valence-electron chi connectivity index (χ2n) is 5.56. The van der Waals surface area contributed by atoms with Crippen molar-refractivity contribution in [1.82, 2.24) is 10.3 Å². The summed E-state index contributed by atoms with van der Waals surface area (Å²) in [5.74, 6) is 0. The number of allylic oxidation sites excluding steroid dienone is 1. The van der Waals surface area contributed by atoms with E-state index in [1.807, 2.05) is 6.07 Å². The van der Waals surface area contributed by atoms with Gasteiger partial charge in [-0.3, -0.25) is 4.98 Å². The fourth-order valence-electron chi connectivity index (χ4n) is 2.42. The molecule has 2 aromatic rings. The molecular formula is C18H24N2. The molecule has 2 nitrogen and oxygen atoms in total. The largest absolute Gasteiger partial charge is 0.305 e. The van der Waals surface area contributed by atoms with Crippen LogP contribution in [0.5, 0.6) is 0 Å². The van der Waals surface area contributed by atoms with Gasteiger partial charge in [0.15, 0.2) is 0 Å². The van der Waals surface area contributed by atoms with E-state index in [1.54, 1.807) is 0 Å². The van der Waals surface area contributed by atoms with Crippen LogP contribution < -0.4 is 5.32 Å². The molecule has 0 aliphatic heterocycles. The number of hydrogen-bond donors (Lipinski definition) is 1. The lowest BCUT2D eigenvalue weighted by molar-refractivity contribution is 0.599. The Kier molecular flexibility index (Phi) is 4.91. The first-order valence-corrected chi connectivity index (χ1v) is 7.36. The monoisotopic (exact) mass is 268 g/mol. The number of aromatic nitrogens is 1. The highest BCUT2D eigenvalue weighted by Gasteiger charge is 2.11. The van der Waals surface area contributed by atoms with Crippen LogP contribution in [-0.2, 0) is 0 Å². The number of pyridine rings is 1. The molecule has 0 amide bonds. The molecule has 0 saturated heterocycles. The average Bonchev–Trinajstić information content (AvgIpc) is 2.43. The smallest absolute Gasteiger partial charge is 0.0708 e. The Bertz CT molecular complexity index is 610. The van der Waals surface area contributed by atoms with Gasteiger partial charge in [-0.25, -0.2) is 0 Å². The van der Waals surface area contributed by atoms with Gasteiger partial charge in [0.25, 0.3) is 0 Å². The van der Waals surface area contributed by atoms with Crippen molar-refractivity contribution < 1.29 is 0 Å². The summed E-state index contributed by atoms with van der Waals surface area (Å²) < 4.78 is 0. The van der Waals surface area contributed by atoms with Crippen molar-refractivity contribution >= 4 is 10.9 Å². The van der Waals surface area contributed by atoms with Crippen molar-refractivity contribution in [1.29, 1.82) is 0 Å². The quantitative estimate of drug-likeness (QED) is 0.805.